The van der Waals surface area contributed by atoms with Gasteiger partial charge in [-0.1, -0.05) is 41.7 Å². The van der Waals surface area contributed by atoms with Gasteiger partial charge < -0.3 is 32.5 Å². The molecule has 0 radical (unpaired) electrons. The van der Waals surface area contributed by atoms with E-state index in [2.05, 4.69) is 15.2 Å². The Kier molecular flexibility index (Phi) is 11.0. The molecule has 8 heterocycles. The van der Waals surface area contributed by atoms with Crippen LogP contribution in [-0.4, -0.2) is 60.5 Å². The number of benzene rings is 4. The van der Waals surface area contributed by atoms with Crippen molar-refractivity contribution in [3.8, 4) is 83.4 Å². The van der Waals surface area contributed by atoms with Gasteiger partial charge in [-0.15, -0.1) is 27.8 Å². The maximum atomic E-state index is 16.4. The second kappa shape index (κ2) is 17.7. The summed E-state index contributed by atoms with van der Waals surface area (Å²) in [6.45, 7) is 1.69. The number of methoxy groups -OCH3 is 3. The molecule has 0 saturated carbocycles. The van der Waals surface area contributed by atoms with Crippen molar-refractivity contribution in [3.05, 3.63) is 124 Å². The van der Waals surface area contributed by atoms with Crippen LogP contribution in [0.2, 0.25) is 0 Å². The van der Waals surface area contributed by atoms with Gasteiger partial charge in [0.05, 0.1) is 61.4 Å². The highest BCUT2D eigenvalue weighted by atomic mass is 32.1. The fourth-order valence-electron chi connectivity index (χ4n) is 7.87. The average Bonchev–Trinajstić information content (AvgIpc) is 4.23. The molecule has 4 aromatic carbocycles. The zero-order valence-corrected chi connectivity index (χ0v) is 40.4. The monoisotopic (exact) mass is 1010 g/mol. The molecule has 0 saturated heterocycles. The highest BCUT2D eigenvalue weighted by Gasteiger charge is 2.26. The molecule has 0 N–H and O–H groups in total. The first kappa shape index (κ1) is 43.6. The number of thiazole rings is 2. The van der Waals surface area contributed by atoms with Crippen LogP contribution in [0.3, 0.4) is 0 Å². The van der Waals surface area contributed by atoms with Crippen molar-refractivity contribution < 1.29 is 41.3 Å². The number of fused-ring (bicyclic) bond motifs is 4. The minimum Gasteiger partial charge on any atom is -0.496 e. The first-order valence-corrected chi connectivity index (χ1v) is 24.7. The summed E-state index contributed by atoms with van der Waals surface area (Å²) < 4.78 is 76.2. The highest BCUT2D eigenvalue weighted by Crippen LogP contribution is 2.47. The number of furan rings is 2. The van der Waals surface area contributed by atoms with Crippen LogP contribution in [0.15, 0.2) is 111 Å². The maximum absolute atomic E-state index is 16.4. The minimum atomic E-state index is -1.24. The third-order valence-electron chi connectivity index (χ3n) is 11.2. The normalized spacial score (nSPS) is 12.2. The van der Waals surface area contributed by atoms with Crippen LogP contribution < -0.4 is 23.7 Å². The largest absolute Gasteiger partial charge is 0.496 e. The van der Waals surface area contributed by atoms with Crippen molar-refractivity contribution in [1.82, 2.24) is 39.2 Å². The lowest BCUT2D eigenvalue weighted by Crippen LogP contribution is -1.99. The molecule has 0 spiro atoms. The second-order valence-electron chi connectivity index (χ2n) is 15.7. The summed E-state index contributed by atoms with van der Waals surface area (Å²) in [7, 11) is 4.64. The highest BCUT2D eigenvalue weighted by molar-refractivity contribution is 7.18. The Labute approximate surface area is 410 Å². The number of nitrogens with zero attached hydrogens (tertiary/aromatic N) is 8. The van der Waals surface area contributed by atoms with Crippen LogP contribution in [0.5, 0.6) is 28.2 Å². The molecular weight excluding hydrogens is 979 g/mol. The zero-order chi connectivity index (χ0) is 47.6. The van der Waals surface area contributed by atoms with Crippen LogP contribution in [0.1, 0.15) is 29.5 Å². The van der Waals surface area contributed by atoms with Gasteiger partial charge in [0.1, 0.15) is 74.6 Å². The molecule has 0 unspecified atom stereocenters. The smallest absolute Gasteiger partial charge is 0.294 e. The minimum absolute atomic E-state index is 0.117. The molecule has 21 heteroatoms. The number of ether oxygens (including phenoxy) is 5. The van der Waals surface area contributed by atoms with Crippen molar-refractivity contribution >= 4 is 77.2 Å². The van der Waals surface area contributed by atoms with Crippen LogP contribution in [0.25, 0.3) is 87.0 Å². The molecule has 12 aromatic rings. The first-order chi connectivity index (χ1) is 34.2. The molecule has 0 aliphatic rings. The van der Waals surface area contributed by atoms with Gasteiger partial charge in [-0.05, 0) is 48.6 Å². The van der Waals surface area contributed by atoms with E-state index in [0.717, 1.165) is 33.0 Å². The number of hydrogen-bond donors (Lipinski definition) is 0. The summed E-state index contributed by atoms with van der Waals surface area (Å²) >= 11 is 5.38. The molecule has 15 nitrogen and oxygen atoms in total. The van der Waals surface area contributed by atoms with Gasteiger partial charge in [-0.2, -0.15) is 5.10 Å². The zero-order valence-electron chi connectivity index (χ0n) is 37.1. The molecular formula is C49H34F2N8O7S4. The van der Waals surface area contributed by atoms with E-state index in [0.29, 0.717) is 104 Å². The molecule has 0 aliphatic carbocycles. The number of alkyl halides is 1. The molecule has 8 aromatic heterocycles. The lowest BCUT2D eigenvalue weighted by molar-refractivity contribution is 0.303. The van der Waals surface area contributed by atoms with E-state index in [9.17, 15) is 4.39 Å². The van der Waals surface area contributed by atoms with E-state index >= 15 is 4.39 Å². The summed E-state index contributed by atoms with van der Waals surface area (Å²) in [6, 6.07) is 23.7. The Morgan fingerprint density at radius 2 is 1.33 bits per heavy atom. The van der Waals surface area contributed by atoms with Gasteiger partial charge in [0.25, 0.3) is 5.19 Å². The molecule has 1 atom stereocenters. The Morgan fingerprint density at radius 3 is 2.00 bits per heavy atom. The number of hydrogen-bond acceptors (Lipinski definition) is 17. The topological polar surface area (TPSA) is 159 Å². The van der Waals surface area contributed by atoms with Crippen molar-refractivity contribution in [2.45, 2.75) is 26.3 Å². The second-order valence-corrected chi connectivity index (χ2v) is 19.3. The Hall–Kier alpha value is -7.72. The first-order valence-electron chi connectivity index (χ1n) is 21.4. The van der Waals surface area contributed by atoms with E-state index in [1.165, 1.54) is 58.6 Å². The van der Waals surface area contributed by atoms with Gasteiger partial charge in [0, 0.05) is 45.6 Å². The summed E-state index contributed by atoms with van der Waals surface area (Å²) in [6.07, 6.45) is 2.20. The predicted molar refractivity (Wildman–Crippen MR) is 264 cm³/mol. The molecule has 0 amide bonds. The predicted octanol–water partition coefficient (Wildman–Crippen LogP) is 13.0. The molecule has 0 bridgehead atoms. The van der Waals surface area contributed by atoms with Gasteiger partial charge in [-0.3, -0.25) is 0 Å². The van der Waals surface area contributed by atoms with Crippen molar-refractivity contribution in [2.24, 2.45) is 0 Å². The molecule has 70 heavy (non-hydrogen) atoms. The lowest BCUT2D eigenvalue weighted by atomic mass is 9.99. The van der Waals surface area contributed by atoms with Crippen LogP contribution in [0.4, 0.5) is 8.78 Å². The van der Waals surface area contributed by atoms with E-state index in [1.807, 2.05) is 47.2 Å². The summed E-state index contributed by atoms with van der Waals surface area (Å²) in [5.74, 6) is 2.19. The molecule has 12 rings (SSSR count). The fourth-order valence-corrected chi connectivity index (χ4v) is 11.0. The van der Waals surface area contributed by atoms with Crippen LogP contribution >= 0.6 is 45.3 Å². The average molecular weight is 1010 g/mol. The van der Waals surface area contributed by atoms with Crippen LogP contribution in [0, 0.1) is 5.82 Å². The van der Waals surface area contributed by atoms with Crippen molar-refractivity contribution in [2.75, 3.05) is 21.3 Å². The van der Waals surface area contributed by atoms with E-state index in [1.54, 1.807) is 67.5 Å². The van der Waals surface area contributed by atoms with Crippen molar-refractivity contribution in [1.29, 1.82) is 0 Å². The summed E-state index contributed by atoms with van der Waals surface area (Å²) in [5, 5.41) is 16.1. The van der Waals surface area contributed by atoms with Gasteiger partial charge in [0.15, 0.2) is 22.7 Å². The fraction of sp³-hybridized carbons (Fsp3) is 0.143. The summed E-state index contributed by atoms with van der Waals surface area (Å²) in [4.78, 5) is 20.2. The number of imidazole rings is 2. The Balaban J connectivity index is 0.864. The quantitative estimate of drug-likeness (QED) is 0.0956. The number of aromatic nitrogens is 8. The SMILES string of the molecule is COc1cc(OCc2csc(-c3ccc(F)c(-c4c(OC)cc(OCc5csc(-c6ccccc6)n5)c5cc(-c6cn7nc([C@H](C)F)sc7n6)oc45)c3)n2)c2cc(-c3cn4nc(OC)sc4n3)oc2c1. The molecule has 0 aliphatic heterocycles. The van der Waals surface area contributed by atoms with E-state index < -0.39 is 12.0 Å². The van der Waals surface area contributed by atoms with Gasteiger partial charge in [-0.25, -0.2) is 37.7 Å². The van der Waals surface area contributed by atoms with Gasteiger partial charge >= 0.3 is 0 Å². The molecule has 350 valence electrons. The number of rotatable bonds is 15. The Bertz CT molecular complexity index is 3840. The third kappa shape index (κ3) is 7.95. The maximum Gasteiger partial charge on any atom is 0.294 e. The molecule has 0 fully saturated rings. The van der Waals surface area contributed by atoms with E-state index in [4.69, 9.17) is 47.5 Å². The van der Waals surface area contributed by atoms with Crippen LogP contribution in [-0.2, 0) is 13.2 Å². The van der Waals surface area contributed by atoms with Crippen molar-refractivity contribution in [3.63, 3.8) is 0 Å². The standard InChI is InChI=1S/C49H34F2N8O7S4/c1-24(50)44-56-58-18-35(54-47(58)69-44)40-16-32-37(64-21-27-22-67-45(52-27)25-8-6-5-7-9-25)17-41(61-3)42(43(32)66-40)30-12-26(10-11-33(30)51)46-53-28(23-68-46)20-63-36-13-29(60-2)14-38-31(36)15-39(65-38)34-19-59-48(55-34)70-49(57-59)62-4/h5-19,22-24H,20-21H2,1-4H3/t24-/m0/s1. The third-order valence-corrected chi connectivity index (χ3v) is 15.1. The van der Waals surface area contributed by atoms with E-state index in [-0.39, 0.29) is 18.8 Å². The lowest BCUT2D eigenvalue weighted by Gasteiger charge is -2.14. The van der Waals surface area contributed by atoms with Gasteiger partial charge in [0.2, 0.25) is 9.92 Å². The number of halogens is 2. The Morgan fingerprint density at radius 1 is 0.657 bits per heavy atom. The summed E-state index contributed by atoms with van der Waals surface area (Å²) in [5.41, 5.74) is 5.51.